The molecule has 1 atom stereocenters. The van der Waals surface area contributed by atoms with Crippen molar-refractivity contribution in [1.29, 1.82) is 0 Å². The van der Waals surface area contributed by atoms with Gasteiger partial charge in [0, 0.05) is 15.2 Å². The summed E-state index contributed by atoms with van der Waals surface area (Å²) in [6.07, 6.45) is 0.599. The van der Waals surface area contributed by atoms with E-state index in [1.54, 1.807) is 6.07 Å². The van der Waals surface area contributed by atoms with E-state index in [2.05, 4.69) is 21.2 Å². The van der Waals surface area contributed by atoms with E-state index in [0.29, 0.717) is 15.9 Å². The van der Waals surface area contributed by atoms with Crippen LogP contribution in [0.2, 0.25) is 5.02 Å². The van der Waals surface area contributed by atoms with Crippen molar-refractivity contribution in [2.45, 2.75) is 12.5 Å². The van der Waals surface area contributed by atoms with E-state index in [1.807, 2.05) is 12.1 Å². The second-order valence-electron chi connectivity index (χ2n) is 4.52. The summed E-state index contributed by atoms with van der Waals surface area (Å²) in [5, 5.41) is 13.8. The number of fused-ring (bicyclic) bond motifs is 1. The summed E-state index contributed by atoms with van der Waals surface area (Å²) in [5.41, 5.74) is 2.24. The van der Waals surface area contributed by atoms with Crippen molar-refractivity contribution in [3.63, 3.8) is 0 Å². The third kappa shape index (κ3) is 2.30. The van der Waals surface area contributed by atoms with E-state index in [9.17, 15) is 9.50 Å². The van der Waals surface area contributed by atoms with Crippen molar-refractivity contribution in [2.24, 2.45) is 0 Å². The van der Waals surface area contributed by atoms with Gasteiger partial charge in [0.25, 0.3) is 0 Å². The highest BCUT2D eigenvalue weighted by Crippen LogP contribution is 2.40. The number of hydrogen-bond donors (Lipinski definition) is 2. The molecule has 0 saturated heterocycles. The van der Waals surface area contributed by atoms with Gasteiger partial charge in [0.05, 0.1) is 11.6 Å². The third-order valence-electron chi connectivity index (χ3n) is 3.24. The summed E-state index contributed by atoms with van der Waals surface area (Å²) in [5.74, 6) is -0.480. The minimum atomic E-state index is -0.428. The van der Waals surface area contributed by atoms with Gasteiger partial charge >= 0.3 is 0 Å². The SMILES string of the molecule is Oc1cc(Br)cc(F)c1[C@@H]1Cc2cc(Cl)ccc2N1. The molecule has 2 N–H and O–H groups in total. The van der Waals surface area contributed by atoms with Crippen molar-refractivity contribution in [3.8, 4) is 5.75 Å². The maximum atomic E-state index is 14.0. The Morgan fingerprint density at radius 2 is 2.11 bits per heavy atom. The number of phenols is 1. The minimum Gasteiger partial charge on any atom is -0.507 e. The Bertz CT molecular complexity index is 639. The van der Waals surface area contributed by atoms with Crippen molar-refractivity contribution < 1.29 is 9.50 Å². The summed E-state index contributed by atoms with van der Waals surface area (Å²) < 4.78 is 14.5. The van der Waals surface area contributed by atoms with E-state index in [0.717, 1.165) is 11.3 Å². The lowest BCUT2D eigenvalue weighted by Crippen LogP contribution is -2.08. The molecule has 2 aromatic rings. The summed E-state index contributed by atoms with van der Waals surface area (Å²) in [7, 11) is 0. The highest BCUT2D eigenvalue weighted by molar-refractivity contribution is 9.10. The largest absolute Gasteiger partial charge is 0.507 e. The normalized spacial score (nSPS) is 17.1. The van der Waals surface area contributed by atoms with Crippen LogP contribution in [0.25, 0.3) is 0 Å². The highest BCUT2D eigenvalue weighted by Gasteiger charge is 2.27. The molecule has 5 heteroatoms. The summed E-state index contributed by atoms with van der Waals surface area (Å²) in [6.45, 7) is 0. The second-order valence-corrected chi connectivity index (χ2v) is 5.88. The van der Waals surface area contributed by atoms with Crippen LogP contribution < -0.4 is 5.32 Å². The molecule has 0 aromatic heterocycles. The molecule has 0 aliphatic carbocycles. The van der Waals surface area contributed by atoms with Gasteiger partial charge < -0.3 is 10.4 Å². The molecule has 1 heterocycles. The molecule has 1 aliphatic rings. The molecule has 0 fully saturated rings. The number of aromatic hydroxyl groups is 1. The molecular formula is C14H10BrClFNO. The molecule has 0 amide bonds. The van der Waals surface area contributed by atoms with Crippen LogP contribution >= 0.6 is 27.5 Å². The van der Waals surface area contributed by atoms with Crippen LogP contribution in [0, 0.1) is 5.82 Å². The average Bonchev–Trinajstić information content (AvgIpc) is 2.69. The van der Waals surface area contributed by atoms with E-state index >= 15 is 0 Å². The van der Waals surface area contributed by atoms with Crippen LogP contribution in [-0.2, 0) is 6.42 Å². The zero-order valence-corrected chi connectivity index (χ0v) is 12.1. The number of hydrogen-bond acceptors (Lipinski definition) is 2. The molecule has 98 valence electrons. The molecular weight excluding hydrogens is 333 g/mol. The Morgan fingerprint density at radius 3 is 2.84 bits per heavy atom. The molecule has 0 unspecified atom stereocenters. The van der Waals surface area contributed by atoms with Crippen molar-refractivity contribution >= 4 is 33.2 Å². The fourth-order valence-electron chi connectivity index (χ4n) is 2.42. The molecule has 3 rings (SSSR count). The van der Waals surface area contributed by atoms with E-state index in [-0.39, 0.29) is 17.4 Å². The van der Waals surface area contributed by atoms with Gasteiger partial charge in [-0.25, -0.2) is 4.39 Å². The first-order chi connectivity index (χ1) is 9.04. The van der Waals surface area contributed by atoms with Crippen LogP contribution in [0.5, 0.6) is 5.75 Å². The Balaban J connectivity index is 1.99. The van der Waals surface area contributed by atoms with Gasteiger partial charge in [-0.05, 0) is 42.3 Å². The molecule has 0 bridgehead atoms. The van der Waals surface area contributed by atoms with Crippen molar-refractivity contribution in [1.82, 2.24) is 0 Å². The maximum absolute atomic E-state index is 14.0. The molecule has 0 saturated carbocycles. The number of benzene rings is 2. The monoisotopic (exact) mass is 341 g/mol. The molecule has 19 heavy (non-hydrogen) atoms. The lowest BCUT2D eigenvalue weighted by Gasteiger charge is -2.14. The Kier molecular flexibility index (Phi) is 3.15. The zero-order chi connectivity index (χ0) is 13.6. The van der Waals surface area contributed by atoms with Crippen LogP contribution in [0.4, 0.5) is 10.1 Å². The summed E-state index contributed by atoms with van der Waals surface area (Å²) >= 11 is 9.10. The van der Waals surface area contributed by atoms with Crippen molar-refractivity contribution in [3.05, 3.63) is 56.8 Å². The quantitative estimate of drug-likeness (QED) is 0.790. The van der Waals surface area contributed by atoms with E-state index in [4.69, 9.17) is 11.6 Å². The van der Waals surface area contributed by atoms with Gasteiger partial charge in [-0.2, -0.15) is 0 Å². The number of anilines is 1. The zero-order valence-electron chi connectivity index (χ0n) is 9.75. The second kappa shape index (κ2) is 4.69. The van der Waals surface area contributed by atoms with Gasteiger partial charge in [0.1, 0.15) is 11.6 Å². The standard InChI is InChI=1S/C14H10BrClFNO/c15-8-5-10(17)14(13(19)6-8)12-4-7-3-9(16)1-2-11(7)18-12/h1-3,5-6,12,18-19H,4H2/t12-/m0/s1. The molecule has 2 nitrogen and oxygen atoms in total. The first-order valence-electron chi connectivity index (χ1n) is 5.77. The number of nitrogens with one attached hydrogen (secondary N) is 1. The number of phenolic OH excluding ortho intramolecular Hbond substituents is 1. The fraction of sp³-hybridized carbons (Fsp3) is 0.143. The van der Waals surface area contributed by atoms with Gasteiger partial charge in [-0.3, -0.25) is 0 Å². The van der Waals surface area contributed by atoms with Gasteiger partial charge in [-0.15, -0.1) is 0 Å². The fourth-order valence-corrected chi connectivity index (χ4v) is 3.03. The van der Waals surface area contributed by atoms with Crippen LogP contribution in [-0.4, -0.2) is 5.11 Å². The third-order valence-corrected chi connectivity index (χ3v) is 3.93. The van der Waals surface area contributed by atoms with Crippen molar-refractivity contribution in [2.75, 3.05) is 5.32 Å². The number of halogens is 3. The lowest BCUT2D eigenvalue weighted by atomic mass is 10.0. The Hall–Kier alpha value is -1.26. The van der Waals surface area contributed by atoms with Gasteiger partial charge in [0.15, 0.2) is 0 Å². The predicted molar refractivity (Wildman–Crippen MR) is 77.3 cm³/mol. The molecule has 2 aromatic carbocycles. The number of rotatable bonds is 1. The first-order valence-corrected chi connectivity index (χ1v) is 6.94. The Morgan fingerprint density at radius 1 is 1.32 bits per heavy atom. The maximum Gasteiger partial charge on any atom is 0.133 e. The van der Waals surface area contributed by atoms with Crippen LogP contribution in [0.1, 0.15) is 17.2 Å². The summed E-state index contributed by atoms with van der Waals surface area (Å²) in [6, 6.07) is 8.08. The average molecular weight is 343 g/mol. The topological polar surface area (TPSA) is 32.3 Å². The smallest absolute Gasteiger partial charge is 0.133 e. The molecule has 0 radical (unpaired) electrons. The molecule has 1 aliphatic heterocycles. The lowest BCUT2D eigenvalue weighted by molar-refractivity contribution is 0.452. The Labute approximate surface area is 123 Å². The van der Waals surface area contributed by atoms with E-state index in [1.165, 1.54) is 12.1 Å². The van der Waals surface area contributed by atoms with Gasteiger partial charge in [-0.1, -0.05) is 27.5 Å². The summed E-state index contributed by atoms with van der Waals surface area (Å²) in [4.78, 5) is 0. The minimum absolute atomic E-state index is 0.0525. The molecule has 0 spiro atoms. The first kappa shape index (κ1) is 12.8. The van der Waals surface area contributed by atoms with Crippen LogP contribution in [0.3, 0.4) is 0 Å². The van der Waals surface area contributed by atoms with Gasteiger partial charge in [0.2, 0.25) is 0 Å². The predicted octanol–water partition coefficient (Wildman–Crippen LogP) is 4.66. The van der Waals surface area contributed by atoms with E-state index < -0.39 is 5.82 Å². The van der Waals surface area contributed by atoms with Crippen LogP contribution in [0.15, 0.2) is 34.8 Å². The highest BCUT2D eigenvalue weighted by atomic mass is 79.9.